The second-order valence-electron chi connectivity index (χ2n) is 3.80. The Hall–Kier alpha value is -0.340. The molecule has 0 radical (unpaired) electrons. The van der Waals surface area contributed by atoms with Crippen LogP contribution in [0.1, 0.15) is 31.9 Å². The van der Waals surface area contributed by atoms with Gasteiger partial charge in [-0.05, 0) is 40.8 Å². The first kappa shape index (κ1) is 10.7. The average molecular weight is 197 g/mol. The first-order valence-electron chi connectivity index (χ1n) is 4.98. The fraction of sp³-hybridized carbons (Fsp3) is 0.636. The van der Waals surface area contributed by atoms with Gasteiger partial charge >= 0.3 is 0 Å². The molecule has 1 heterocycles. The molecule has 0 saturated heterocycles. The topological polar surface area (TPSA) is 12.0 Å². The van der Waals surface area contributed by atoms with Gasteiger partial charge in [0.1, 0.15) is 0 Å². The normalized spacial score (nSPS) is 11.1. The lowest BCUT2D eigenvalue weighted by atomic mass is 10.0. The van der Waals surface area contributed by atoms with E-state index in [1.165, 1.54) is 17.5 Å². The van der Waals surface area contributed by atoms with E-state index in [9.17, 15) is 0 Å². The molecule has 0 fully saturated rings. The Bertz CT molecular complexity index is 240. The van der Waals surface area contributed by atoms with E-state index in [1.807, 2.05) is 11.3 Å². The van der Waals surface area contributed by atoms with Crippen LogP contribution in [0.2, 0.25) is 0 Å². The minimum Gasteiger partial charge on any atom is -0.313 e. The van der Waals surface area contributed by atoms with Gasteiger partial charge in [-0.15, -0.1) is 0 Å². The summed E-state index contributed by atoms with van der Waals surface area (Å²) in [5.41, 5.74) is 3.02. The maximum atomic E-state index is 3.37. The number of hydrogen-bond donors (Lipinski definition) is 1. The van der Waals surface area contributed by atoms with Crippen LogP contribution in [-0.2, 0) is 13.0 Å². The largest absolute Gasteiger partial charge is 0.313 e. The van der Waals surface area contributed by atoms with Gasteiger partial charge in [-0.3, -0.25) is 0 Å². The van der Waals surface area contributed by atoms with E-state index in [0.29, 0.717) is 0 Å². The maximum Gasteiger partial charge on any atom is 0.0216 e. The summed E-state index contributed by atoms with van der Waals surface area (Å²) in [4.78, 5) is 0. The lowest BCUT2D eigenvalue weighted by Crippen LogP contribution is -2.12. The fourth-order valence-electron chi connectivity index (χ4n) is 1.38. The van der Waals surface area contributed by atoms with Crippen molar-refractivity contribution >= 4 is 11.3 Å². The van der Waals surface area contributed by atoms with Crippen molar-refractivity contribution in [2.24, 2.45) is 5.92 Å². The van der Waals surface area contributed by atoms with Gasteiger partial charge < -0.3 is 5.32 Å². The van der Waals surface area contributed by atoms with Gasteiger partial charge in [0.25, 0.3) is 0 Å². The predicted molar refractivity (Wildman–Crippen MR) is 60.2 cm³/mol. The van der Waals surface area contributed by atoms with Crippen molar-refractivity contribution in [3.63, 3.8) is 0 Å². The first-order valence-corrected chi connectivity index (χ1v) is 5.93. The molecule has 0 atom stereocenters. The second kappa shape index (κ2) is 5.40. The number of nitrogens with one attached hydrogen (secondary N) is 1. The van der Waals surface area contributed by atoms with Crippen LogP contribution in [0.4, 0.5) is 0 Å². The highest BCUT2D eigenvalue weighted by molar-refractivity contribution is 7.08. The van der Waals surface area contributed by atoms with E-state index < -0.39 is 0 Å². The minimum absolute atomic E-state index is 0.759. The summed E-state index contributed by atoms with van der Waals surface area (Å²) >= 11 is 1.82. The number of rotatable bonds is 5. The molecule has 0 bridgehead atoms. The van der Waals surface area contributed by atoms with Crippen molar-refractivity contribution in [3.8, 4) is 0 Å². The molecule has 0 spiro atoms. The first-order chi connectivity index (χ1) is 6.24. The molecular weight excluding hydrogens is 178 g/mol. The maximum absolute atomic E-state index is 3.37. The lowest BCUT2D eigenvalue weighted by molar-refractivity contribution is 0.637. The van der Waals surface area contributed by atoms with Crippen molar-refractivity contribution in [2.45, 2.75) is 33.7 Å². The highest BCUT2D eigenvalue weighted by Crippen LogP contribution is 2.18. The van der Waals surface area contributed by atoms with Crippen LogP contribution < -0.4 is 5.32 Å². The third-order valence-electron chi connectivity index (χ3n) is 2.03. The van der Waals surface area contributed by atoms with E-state index in [0.717, 1.165) is 19.0 Å². The van der Waals surface area contributed by atoms with Gasteiger partial charge in [-0.2, -0.15) is 11.3 Å². The lowest BCUT2D eigenvalue weighted by Gasteiger charge is -2.06. The van der Waals surface area contributed by atoms with Crippen LogP contribution in [0.25, 0.3) is 0 Å². The summed E-state index contributed by atoms with van der Waals surface area (Å²) in [6, 6.07) is 0. The molecule has 0 aliphatic carbocycles. The van der Waals surface area contributed by atoms with E-state index in [4.69, 9.17) is 0 Å². The molecule has 0 aromatic carbocycles. The Balaban J connectivity index is 2.55. The van der Waals surface area contributed by atoms with E-state index in [-0.39, 0.29) is 0 Å². The third kappa shape index (κ3) is 3.49. The molecule has 0 unspecified atom stereocenters. The van der Waals surface area contributed by atoms with Gasteiger partial charge in [0.05, 0.1) is 0 Å². The molecule has 0 saturated carbocycles. The Labute approximate surface area is 85.2 Å². The smallest absolute Gasteiger partial charge is 0.0216 e. The predicted octanol–water partition coefficient (Wildman–Crippen LogP) is 3.06. The third-order valence-corrected chi connectivity index (χ3v) is 2.87. The molecule has 0 amide bonds. The summed E-state index contributed by atoms with van der Waals surface area (Å²) < 4.78 is 0. The fourth-order valence-corrected chi connectivity index (χ4v) is 2.26. The molecule has 1 nitrogen and oxygen atoms in total. The monoisotopic (exact) mass is 197 g/mol. The van der Waals surface area contributed by atoms with Gasteiger partial charge in [-0.25, -0.2) is 0 Å². The van der Waals surface area contributed by atoms with Crippen molar-refractivity contribution in [2.75, 3.05) is 6.54 Å². The standard InChI is InChI=1S/C11H19NS/c1-4-12-6-11-8-13-7-10(11)5-9(2)3/h7-9,12H,4-6H2,1-3H3. The Morgan fingerprint density at radius 1 is 1.31 bits per heavy atom. The molecule has 74 valence electrons. The quantitative estimate of drug-likeness (QED) is 0.765. The van der Waals surface area contributed by atoms with Crippen LogP contribution in [0, 0.1) is 5.92 Å². The van der Waals surface area contributed by atoms with Gasteiger partial charge in [0.2, 0.25) is 0 Å². The summed E-state index contributed by atoms with van der Waals surface area (Å²) in [5.74, 6) is 0.759. The molecule has 1 aromatic rings. The van der Waals surface area contributed by atoms with Crippen molar-refractivity contribution in [3.05, 3.63) is 21.9 Å². The van der Waals surface area contributed by atoms with E-state index in [1.54, 1.807) is 0 Å². The van der Waals surface area contributed by atoms with Crippen molar-refractivity contribution in [1.82, 2.24) is 5.32 Å². The van der Waals surface area contributed by atoms with Crippen LogP contribution in [0.3, 0.4) is 0 Å². The average Bonchev–Trinajstić information content (AvgIpc) is 2.48. The zero-order chi connectivity index (χ0) is 9.68. The van der Waals surface area contributed by atoms with Gasteiger partial charge in [0, 0.05) is 6.54 Å². The molecular formula is C11H19NS. The van der Waals surface area contributed by atoms with Gasteiger partial charge in [0.15, 0.2) is 0 Å². The van der Waals surface area contributed by atoms with Crippen LogP contribution in [-0.4, -0.2) is 6.54 Å². The molecule has 0 aliphatic rings. The number of hydrogen-bond acceptors (Lipinski definition) is 2. The molecule has 2 heteroatoms. The highest BCUT2D eigenvalue weighted by Gasteiger charge is 2.04. The second-order valence-corrected chi connectivity index (χ2v) is 4.54. The Kier molecular flexibility index (Phi) is 4.46. The zero-order valence-electron chi connectivity index (χ0n) is 8.76. The summed E-state index contributed by atoms with van der Waals surface area (Å²) in [6.07, 6.45) is 1.21. The zero-order valence-corrected chi connectivity index (χ0v) is 9.58. The molecule has 1 aromatic heterocycles. The summed E-state index contributed by atoms with van der Waals surface area (Å²) in [7, 11) is 0. The van der Waals surface area contributed by atoms with Gasteiger partial charge in [-0.1, -0.05) is 20.8 Å². The van der Waals surface area contributed by atoms with E-state index in [2.05, 4.69) is 36.8 Å². The van der Waals surface area contributed by atoms with Crippen molar-refractivity contribution in [1.29, 1.82) is 0 Å². The van der Waals surface area contributed by atoms with Crippen LogP contribution in [0.15, 0.2) is 10.8 Å². The molecule has 1 rings (SSSR count). The SMILES string of the molecule is CCNCc1cscc1CC(C)C. The van der Waals surface area contributed by atoms with Crippen molar-refractivity contribution < 1.29 is 0 Å². The van der Waals surface area contributed by atoms with E-state index >= 15 is 0 Å². The number of thiophene rings is 1. The molecule has 0 aliphatic heterocycles. The van der Waals surface area contributed by atoms with Crippen LogP contribution >= 0.6 is 11.3 Å². The Morgan fingerprint density at radius 3 is 2.62 bits per heavy atom. The molecule has 13 heavy (non-hydrogen) atoms. The summed E-state index contributed by atoms with van der Waals surface area (Å²) in [6.45, 7) is 8.77. The summed E-state index contributed by atoms with van der Waals surface area (Å²) in [5, 5.41) is 7.92. The molecule has 1 N–H and O–H groups in total. The minimum atomic E-state index is 0.759. The van der Waals surface area contributed by atoms with Crippen LogP contribution in [0.5, 0.6) is 0 Å². The Morgan fingerprint density at radius 2 is 2.00 bits per heavy atom. The highest BCUT2D eigenvalue weighted by atomic mass is 32.1.